The number of hydrogen-bond donors (Lipinski definition) is 1. The molecule has 1 atom stereocenters. The molecule has 2 N–H and O–H groups in total. The van der Waals surface area contributed by atoms with Crippen LogP contribution >= 0.6 is 0 Å². The van der Waals surface area contributed by atoms with Crippen LogP contribution in [0.2, 0.25) is 0 Å². The van der Waals surface area contributed by atoms with Gasteiger partial charge in [0.05, 0.1) is 5.69 Å². The summed E-state index contributed by atoms with van der Waals surface area (Å²) in [6, 6.07) is 3.90. The number of benzene rings is 1. The van der Waals surface area contributed by atoms with Crippen LogP contribution in [-0.2, 0) is 6.42 Å². The first-order valence-corrected chi connectivity index (χ1v) is 6.64. The van der Waals surface area contributed by atoms with Gasteiger partial charge in [0.15, 0.2) is 0 Å². The van der Waals surface area contributed by atoms with Gasteiger partial charge in [-0.2, -0.15) is 13.2 Å². The van der Waals surface area contributed by atoms with Gasteiger partial charge in [0.25, 0.3) is 0 Å². The molecule has 0 spiro atoms. The highest BCUT2D eigenvalue weighted by molar-refractivity contribution is 5.57. The first-order valence-electron chi connectivity index (χ1n) is 6.64. The smallest absolute Gasteiger partial charge is 0.357 e. The Bertz CT molecular complexity index is 467. The van der Waals surface area contributed by atoms with Crippen molar-refractivity contribution in [3.63, 3.8) is 0 Å². The minimum absolute atomic E-state index is 0.0598. The largest absolute Gasteiger partial charge is 0.405 e. The zero-order valence-electron chi connectivity index (χ0n) is 11.3. The van der Waals surface area contributed by atoms with Crippen LogP contribution in [0.3, 0.4) is 0 Å². The van der Waals surface area contributed by atoms with Gasteiger partial charge in [-0.15, -0.1) is 0 Å². The molecule has 20 heavy (non-hydrogen) atoms. The number of hydrogen-bond acceptors (Lipinski definition) is 2. The molecule has 0 amide bonds. The maximum Gasteiger partial charge on any atom is 0.405 e. The lowest BCUT2D eigenvalue weighted by molar-refractivity contribution is -0.120. The van der Waals surface area contributed by atoms with Gasteiger partial charge in [-0.05, 0) is 37.8 Å². The Labute approximate surface area is 115 Å². The summed E-state index contributed by atoms with van der Waals surface area (Å²) in [5.41, 5.74) is 6.30. The fraction of sp³-hybridized carbons (Fsp3) is 0.571. The van der Waals surface area contributed by atoms with Gasteiger partial charge in [0, 0.05) is 12.1 Å². The van der Waals surface area contributed by atoms with Crippen molar-refractivity contribution in [3.05, 3.63) is 29.6 Å². The molecule has 6 heteroatoms. The van der Waals surface area contributed by atoms with Gasteiger partial charge in [-0.3, -0.25) is 0 Å². The number of nitrogens with two attached hydrogens (primary N) is 1. The van der Waals surface area contributed by atoms with Crippen molar-refractivity contribution in [1.29, 1.82) is 0 Å². The molecule has 1 aromatic rings. The molecule has 0 heterocycles. The topological polar surface area (TPSA) is 29.3 Å². The van der Waals surface area contributed by atoms with Crippen molar-refractivity contribution in [2.75, 3.05) is 11.4 Å². The standard InChI is InChI=1S/C14H18F4N2/c1-9(19)7-10-3-2-4-12(15)13(10)20(11-5-6-11)8-14(16,17)18/h2-4,9,11H,5-8,19H2,1H3. The lowest BCUT2D eigenvalue weighted by Gasteiger charge is -2.29. The Morgan fingerprint density at radius 3 is 2.50 bits per heavy atom. The number of alkyl halides is 3. The van der Waals surface area contributed by atoms with Crippen molar-refractivity contribution in [2.45, 2.75) is 44.4 Å². The minimum Gasteiger partial charge on any atom is -0.357 e. The third-order valence-corrected chi connectivity index (χ3v) is 3.24. The molecule has 1 fully saturated rings. The Morgan fingerprint density at radius 2 is 2.00 bits per heavy atom. The monoisotopic (exact) mass is 290 g/mol. The summed E-state index contributed by atoms with van der Waals surface area (Å²) in [6.45, 7) is 0.629. The van der Waals surface area contributed by atoms with E-state index in [0.29, 0.717) is 24.8 Å². The van der Waals surface area contributed by atoms with Crippen molar-refractivity contribution < 1.29 is 17.6 Å². The lowest BCUT2D eigenvalue weighted by atomic mass is 10.0. The van der Waals surface area contributed by atoms with Crippen LogP contribution in [0.5, 0.6) is 0 Å². The minimum atomic E-state index is -4.35. The van der Waals surface area contributed by atoms with E-state index in [2.05, 4.69) is 0 Å². The molecule has 0 aliphatic heterocycles. The normalized spacial score (nSPS) is 17.1. The van der Waals surface area contributed by atoms with E-state index in [9.17, 15) is 17.6 Å². The van der Waals surface area contributed by atoms with E-state index in [0.717, 1.165) is 4.90 Å². The van der Waals surface area contributed by atoms with E-state index in [1.165, 1.54) is 12.1 Å². The third kappa shape index (κ3) is 3.85. The molecule has 1 saturated carbocycles. The predicted octanol–water partition coefficient (Wildman–Crippen LogP) is 3.25. The second-order valence-corrected chi connectivity index (χ2v) is 5.40. The van der Waals surface area contributed by atoms with Gasteiger partial charge in [0.2, 0.25) is 0 Å². The highest BCUT2D eigenvalue weighted by atomic mass is 19.4. The molecule has 0 saturated heterocycles. The average Bonchev–Trinajstić information content (AvgIpc) is 3.08. The van der Waals surface area contributed by atoms with Crippen LogP contribution in [0.4, 0.5) is 23.2 Å². The zero-order chi connectivity index (χ0) is 14.9. The highest BCUT2D eigenvalue weighted by Crippen LogP contribution is 2.37. The molecular weight excluding hydrogens is 272 g/mol. The van der Waals surface area contributed by atoms with Gasteiger partial charge in [-0.1, -0.05) is 12.1 Å². The average molecular weight is 290 g/mol. The van der Waals surface area contributed by atoms with Crippen molar-refractivity contribution in [2.24, 2.45) is 5.73 Å². The van der Waals surface area contributed by atoms with Crippen LogP contribution < -0.4 is 10.6 Å². The summed E-state index contributed by atoms with van der Waals surface area (Å²) >= 11 is 0. The Kier molecular flexibility index (Phi) is 4.22. The van der Waals surface area contributed by atoms with Crippen LogP contribution in [0.25, 0.3) is 0 Å². The number of rotatable bonds is 5. The predicted molar refractivity (Wildman–Crippen MR) is 70.2 cm³/mol. The van der Waals surface area contributed by atoms with Crippen molar-refractivity contribution >= 4 is 5.69 Å². The third-order valence-electron chi connectivity index (χ3n) is 3.24. The first-order chi connectivity index (χ1) is 9.28. The summed E-state index contributed by atoms with van der Waals surface area (Å²) in [5, 5.41) is 0. The highest BCUT2D eigenvalue weighted by Gasteiger charge is 2.39. The molecule has 2 nitrogen and oxygen atoms in total. The van der Waals surface area contributed by atoms with Crippen LogP contribution in [0.1, 0.15) is 25.3 Å². The second kappa shape index (κ2) is 5.60. The fourth-order valence-electron chi connectivity index (χ4n) is 2.36. The van der Waals surface area contributed by atoms with E-state index >= 15 is 0 Å². The summed E-state index contributed by atoms with van der Waals surface area (Å²) < 4.78 is 52.2. The van der Waals surface area contributed by atoms with Crippen LogP contribution in [0, 0.1) is 5.82 Å². The van der Waals surface area contributed by atoms with Crippen LogP contribution in [-0.4, -0.2) is 24.8 Å². The summed E-state index contributed by atoms with van der Waals surface area (Å²) in [7, 11) is 0. The number of anilines is 1. The van der Waals surface area contributed by atoms with Gasteiger partial charge in [0.1, 0.15) is 12.4 Å². The molecule has 1 aliphatic rings. The Morgan fingerprint density at radius 1 is 1.35 bits per heavy atom. The van der Waals surface area contributed by atoms with E-state index in [-0.39, 0.29) is 17.8 Å². The molecule has 1 unspecified atom stereocenters. The number of halogens is 4. The zero-order valence-corrected chi connectivity index (χ0v) is 11.3. The Balaban J connectivity index is 2.36. The molecular formula is C14H18F4N2. The lowest BCUT2D eigenvalue weighted by Crippen LogP contribution is -2.37. The molecule has 0 radical (unpaired) electrons. The van der Waals surface area contributed by atoms with Gasteiger partial charge < -0.3 is 10.6 Å². The maximum absolute atomic E-state index is 14.1. The fourth-order valence-corrected chi connectivity index (χ4v) is 2.36. The van der Waals surface area contributed by atoms with Crippen LogP contribution in [0.15, 0.2) is 18.2 Å². The van der Waals surface area contributed by atoms with E-state index < -0.39 is 18.5 Å². The molecule has 0 aromatic heterocycles. The first kappa shape index (κ1) is 15.1. The SMILES string of the molecule is CC(N)Cc1cccc(F)c1N(CC(F)(F)F)C1CC1. The second-order valence-electron chi connectivity index (χ2n) is 5.40. The molecule has 1 aliphatic carbocycles. The van der Waals surface area contributed by atoms with Crippen molar-refractivity contribution in [1.82, 2.24) is 0 Å². The number of nitrogens with zero attached hydrogens (tertiary/aromatic N) is 1. The Hall–Kier alpha value is -1.30. The summed E-state index contributed by atoms with van der Waals surface area (Å²) in [6.07, 6.45) is -2.66. The quantitative estimate of drug-likeness (QED) is 0.844. The van der Waals surface area contributed by atoms with E-state index in [4.69, 9.17) is 5.73 Å². The summed E-state index contributed by atoms with van der Waals surface area (Å²) in [5.74, 6) is -0.612. The summed E-state index contributed by atoms with van der Waals surface area (Å²) in [4.78, 5) is 1.15. The van der Waals surface area contributed by atoms with E-state index in [1.54, 1.807) is 13.0 Å². The number of para-hydroxylation sites is 1. The molecule has 112 valence electrons. The van der Waals surface area contributed by atoms with Gasteiger partial charge >= 0.3 is 6.18 Å². The maximum atomic E-state index is 14.1. The molecule has 2 rings (SSSR count). The van der Waals surface area contributed by atoms with Crippen molar-refractivity contribution in [3.8, 4) is 0 Å². The molecule has 0 bridgehead atoms. The van der Waals surface area contributed by atoms with E-state index in [1.807, 2.05) is 0 Å². The van der Waals surface area contributed by atoms with Gasteiger partial charge in [-0.25, -0.2) is 4.39 Å². The molecule has 1 aromatic carbocycles.